The molecule has 1 atom stereocenters. The zero-order chi connectivity index (χ0) is 17.3. The topological polar surface area (TPSA) is 90.5 Å². The Morgan fingerprint density at radius 2 is 2.04 bits per heavy atom. The van der Waals surface area contributed by atoms with Crippen molar-refractivity contribution in [1.82, 2.24) is 34.6 Å². The van der Waals surface area contributed by atoms with E-state index < -0.39 is 0 Å². The SMILES string of the molecule is CC(C)Cn1cnc2cc(C(=O)NC(C)c3nncn3C)cnc21. The molecule has 0 aliphatic heterocycles. The summed E-state index contributed by atoms with van der Waals surface area (Å²) in [6.07, 6.45) is 4.95. The van der Waals surface area contributed by atoms with Gasteiger partial charge in [-0.25, -0.2) is 9.97 Å². The van der Waals surface area contributed by atoms with Gasteiger partial charge in [0.05, 0.1) is 17.9 Å². The lowest BCUT2D eigenvalue weighted by atomic mass is 10.2. The fourth-order valence-electron chi connectivity index (χ4n) is 2.63. The van der Waals surface area contributed by atoms with Crippen molar-refractivity contribution >= 4 is 17.1 Å². The molecule has 0 saturated carbocycles. The maximum Gasteiger partial charge on any atom is 0.253 e. The highest BCUT2D eigenvalue weighted by Crippen LogP contribution is 2.15. The number of rotatable bonds is 5. The molecule has 0 saturated heterocycles. The Balaban J connectivity index is 1.79. The van der Waals surface area contributed by atoms with E-state index >= 15 is 0 Å². The van der Waals surface area contributed by atoms with Gasteiger partial charge in [0.25, 0.3) is 5.91 Å². The van der Waals surface area contributed by atoms with Gasteiger partial charge in [0, 0.05) is 19.8 Å². The molecular formula is C16H21N7O. The minimum absolute atomic E-state index is 0.210. The summed E-state index contributed by atoms with van der Waals surface area (Å²) in [6.45, 7) is 6.99. The van der Waals surface area contributed by atoms with Crippen molar-refractivity contribution in [3.63, 3.8) is 0 Å². The summed E-state index contributed by atoms with van der Waals surface area (Å²) >= 11 is 0. The fourth-order valence-corrected chi connectivity index (χ4v) is 2.63. The highest BCUT2D eigenvalue weighted by atomic mass is 16.1. The third-order valence-electron chi connectivity index (χ3n) is 3.76. The smallest absolute Gasteiger partial charge is 0.253 e. The Morgan fingerprint density at radius 3 is 2.71 bits per heavy atom. The molecule has 3 aromatic rings. The lowest BCUT2D eigenvalue weighted by molar-refractivity contribution is 0.0937. The highest BCUT2D eigenvalue weighted by Gasteiger charge is 2.17. The van der Waals surface area contributed by atoms with Crippen LogP contribution in [-0.4, -0.2) is 35.2 Å². The van der Waals surface area contributed by atoms with Gasteiger partial charge in [-0.3, -0.25) is 4.79 Å². The first-order chi connectivity index (χ1) is 11.5. The zero-order valence-corrected chi connectivity index (χ0v) is 14.3. The lowest BCUT2D eigenvalue weighted by Gasteiger charge is -2.13. The van der Waals surface area contributed by atoms with E-state index in [1.165, 1.54) is 0 Å². The summed E-state index contributed by atoms with van der Waals surface area (Å²) in [7, 11) is 1.84. The van der Waals surface area contributed by atoms with Crippen molar-refractivity contribution in [1.29, 1.82) is 0 Å². The van der Waals surface area contributed by atoms with Crippen molar-refractivity contribution < 1.29 is 4.79 Å². The minimum Gasteiger partial charge on any atom is -0.342 e. The monoisotopic (exact) mass is 327 g/mol. The Bertz CT molecular complexity index is 864. The van der Waals surface area contributed by atoms with Gasteiger partial charge in [0.15, 0.2) is 11.5 Å². The number of nitrogens with one attached hydrogen (secondary N) is 1. The van der Waals surface area contributed by atoms with E-state index in [0.717, 1.165) is 17.7 Å². The molecular weight excluding hydrogens is 306 g/mol. The molecule has 24 heavy (non-hydrogen) atoms. The average molecular weight is 327 g/mol. The molecule has 0 fully saturated rings. The number of aryl methyl sites for hydroxylation is 1. The van der Waals surface area contributed by atoms with Crippen LogP contribution in [0.25, 0.3) is 11.2 Å². The third-order valence-corrected chi connectivity index (χ3v) is 3.76. The first-order valence-corrected chi connectivity index (χ1v) is 7.91. The standard InChI is InChI=1S/C16H21N7O/c1-10(2)7-23-8-18-13-5-12(6-17-15(13)23)16(24)20-11(3)14-21-19-9-22(14)4/h5-6,8-11H,7H2,1-4H3,(H,20,24). The minimum atomic E-state index is -0.251. The number of fused-ring (bicyclic) bond motifs is 1. The van der Waals surface area contributed by atoms with Gasteiger partial charge in [-0.1, -0.05) is 13.8 Å². The first-order valence-electron chi connectivity index (χ1n) is 7.91. The van der Waals surface area contributed by atoms with E-state index in [1.807, 2.05) is 18.5 Å². The van der Waals surface area contributed by atoms with Crippen LogP contribution in [0.15, 0.2) is 24.9 Å². The van der Waals surface area contributed by atoms with Crippen molar-refractivity contribution in [2.75, 3.05) is 0 Å². The number of pyridine rings is 1. The molecule has 8 nitrogen and oxygen atoms in total. The third kappa shape index (κ3) is 3.12. The molecule has 3 heterocycles. The van der Waals surface area contributed by atoms with E-state index in [9.17, 15) is 4.79 Å². The molecule has 1 N–H and O–H groups in total. The summed E-state index contributed by atoms with van der Waals surface area (Å²) in [4.78, 5) is 21.2. The van der Waals surface area contributed by atoms with Gasteiger partial charge >= 0.3 is 0 Å². The van der Waals surface area contributed by atoms with E-state index in [2.05, 4.69) is 39.3 Å². The summed E-state index contributed by atoms with van der Waals surface area (Å²) in [5, 5.41) is 10.7. The number of carbonyl (C=O) groups excluding carboxylic acids is 1. The van der Waals surface area contributed by atoms with Gasteiger partial charge in [-0.05, 0) is 18.9 Å². The number of hydrogen-bond donors (Lipinski definition) is 1. The summed E-state index contributed by atoms with van der Waals surface area (Å²) in [5.74, 6) is 0.983. The van der Waals surface area contributed by atoms with Gasteiger partial charge in [0.1, 0.15) is 11.8 Å². The Morgan fingerprint density at radius 1 is 1.25 bits per heavy atom. The van der Waals surface area contributed by atoms with Crippen molar-refractivity contribution in [3.05, 3.63) is 36.3 Å². The predicted molar refractivity (Wildman–Crippen MR) is 89.3 cm³/mol. The molecule has 8 heteroatoms. The van der Waals surface area contributed by atoms with Crippen LogP contribution in [0.2, 0.25) is 0 Å². The molecule has 1 unspecified atom stereocenters. The molecule has 0 bridgehead atoms. The fraction of sp³-hybridized carbons (Fsp3) is 0.438. The van der Waals surface area contributed by atoms with Crippen molar-refractivity contribution in [2.45, 2.75) is 33.4 Å². The van der Waals surface area contributed by atoms with Crippen LogP contribution in [-0.2, 0) is 13.6 Å². The molecule has 0 spiro atoms. The molecule has 1 amide bonds. The summed E-state index contributed by atoms with van der Waals surface area (Å²) in [5.41, 5.74) is 1.99. The van der Waals surface area contributed by atoms with E-state index in [0.29, 0.717) is 17.3 Å². The van der Waals surface area contributed by atoms with Crippen LogP contribution in [0, 0.1) is 5.92 Å². The summed E-state index contributed by atoms with van der Waals surface area (Å²) in [6, 6.07) is 1.51. The van der Waals surface area contributed by atoms with Crippen LogP contribution in [0.4, 0.5) is 0 Å². The molecule has 3 rings (SSSR count). The predicted octanol–water partition coefficient (Wildman–Crippen LogP) is 1.71. The normalized spacial score (nSPS) is 12.7. The zero-order valence-electron chi connectivity index (χ0n) is 14.3. The maximum absolute atomic E-state index is 12.4. The second-order valence-electron chi connectivity index (χ2n) is 6.35. The molecule has 3 aromatic heterocycles. The maximum atomic E-state index is 12.4. The van der Waals surface area contributed by atoms with Crippen LogP contribution >= 0.6 is 0 Å². The number of amides is 1. The lowest BCUT2D eigenvalue weighted by Crippen LogP contribution is -2.28. The van der Waals surface area contributed by atoms with Crippen molar-refractivity contribution in [3.8, 4) is 0 Å². The second kappa shape index (κ2) is 6.38. The molecule has 0 aromatic carbocycles. The van der Waals surface area contributed by atoms with E-state index in [-0.39, 0.29) is 11.9 Å². The highest BCUT2D eigenvalue weighted by molar-refractivity contribution is 5.96. The quantitative estimate of drug-likeness (QED) is 0.770. The van der Waals surface area contributed by atoms with Crippen LogP contribution in [0.5, 0.6) is 0 Å². The van der Waals surface area contributed by atoms with Crippen molar-refractivity contribution in [2.24, 2.45) is 13.0 Å². The molecule has 0 aliphatic rings. The first kappa shape index (κ1) is 16.1. The van der Waals surface area contributed by atoms with Crippen LogP contribution < -0.4 is 5.32 Å². The van der Waals surface area contributed by atoms with Crippen LogP contribution in [0.3, 0.4) is 0 Å². The van der Waals surface area contributed by atoms with E-state index in [4.69, 9.17) is 0 Å². The Labute approximate surface area is 139 Å². The average Bonchev–Trinajstić information content (AvgIpc) is 3.13. The molecule has 0 radical (unpaired) electrons. The van der Waals surface area contributed by atoms with Gasteiger partial charge in [0.2, 0.25) is 0 Å². The van der Waals surface area contributed by atoms with Gasteiger partial charge < -0.3 is 14.5 Å². The Hall–Kier alpha value is -2.77. The van der Waals surface area contributed by atoms with Crippen LogP contribution in [0.1, 0.15) is 43.0 Å². The number of hydrogen-bond acceptors (Lipinski definition) is 5. The number of imidazole rings is 1. The number of nitrogens with zero attached hydrogens (tertiary/aromatic N) is 6. The second-order valence-corrected chi connectivity index (χ2v) is 6.35. The number of carbonyl (C=O) groups is 1. The number of aromatic nitrogens is 6. The largest absolute Gasteiger partial charge is 0.342 e. The Kier molecular flexibility index (Phi) is 4.28. The van der Waals surface area contributed by atoms with Gasteiger partial charge in [-0.15, -0.1) is 10.2 Å². The molecule has 126 valence electrons. The van der Waals surface area contributed by atoms with Gasteiger partial charge in [-0.2, -0.15) is 0 Å². The molecule has 0 aliphatic carbocycles. The van der Waals surface area contributed by atoms with E-state index in [1.54, 1.807) is 29.5 Å². The summed E-state index contributed by atoms with van der Waals surface area (Å²) < 4.78 is 3.78.